The molecule has 3 heteroatoms. The van der Waals surface area contributed by atoms with Crippen LogP contribution in [0.25, 0.3) is 0 Å². The summed E-state index contributed by atoms with van der Waals surface area (Å²) in [5, 5.41) is 9.14. The molecule has 0 aromatic carbocycles. The van der Waals surface area contributed by atoms with Crippen LogP contribution in [-0.2, 0) is 4.79 Å². The molecule has 104 valence electrons. The van der Waals surface area contributed by atoms with E-state index in [1.54, 1.807) is 0 Å². The summed E-state index contributed by atoms with van der Waals surface area (Å²) < 4.78 is 0. The van der Waals surface area contributed by atoms with Gasteiger partial charge in [0.2, 0.25) is 0 Å². The molecule has 1 N–H and O–H groups in total. The Hall–Kier alpha value is -0.410. The Balaban J connectivity index is 1.83. The fraction of sp³-hybridized carbons (Fsp3) is 0.933. The van der Waals surface area contributed by atoms with Crippen LogP contribution in [0.2, 0.25) is 0 Å². The van der Waals surface area contributed by atoms with Crippen LogP contribution < -0.4 is 0 Å². The number of rotatable bonds is 3. The molecule has 3 nitrogen and oxygen atoms in total. The number of Topliss-reactive ketones (excluding diaryl/α,β-unsaturated/α-hetero) is 1. The molecule has 18 heavy (non-hydrogen) atoms. The molecule has 2 fully saturated rings. The predicted octanol–water partition coefficient (Wildman–Crippen LogP) is 2.09. The van der Waals surface area contributed by atoms with E-state index in [1.165, 1.54) is 0 Å². The fourth-order valence-corrected chi connectivity index (χ4v) is 3.38. The van der Waals surface area contributed by atoms with E-state index in [1.807, 2.05) is 0 Å². The second-order valence-corrected chi connectivity index (χ2v) is 6.96. The van der Waals surface area contributed by atoms with Crippen LogP contribution >= 0.6 is 0 Å². The van der Waals surface area contributed by atoms with Crippen molar-refractivity contribution in [3.63, 3.8) is 0 Å². The number of hydrogen-bond donors (Lipinski definition) is 1. The first kappa shape index (κ1) is 14.0. The van der Waals surface area contributed by atoms with Gasteiger partial charge in [-0.25, -0.2) is 0 Å². The maximum atomic E-state index is 12.0. The van der Waals surface area contributed by atoms with E-state index >= 15 is 0 Å². The standard InChI is InChI=1S/C15H27NO2/c1-15(2)6-3-14(18)13(9-15)10-16-7-4-12(11-17)5-8-16/h12-13,17H,3-11H2,1-2H3. The van der Waals surface area contributed by atoms with Crippen LogP contribution in [0.3, 0.4) is 0 Å². The Morgan fingerprint density at radius 1 is 1.33 bits per heavy atom. The van der Waals surface area contributed by atoms with Crippen LogP contribution in [0, 0.1) is 17.3 Å². The number of likely N-dealkylation sites (tertiary alicyclic amines) is 1. The number of aliphatic hydroxyl groups is 1. The zero-order valence-electron chi connectivity index (χ0n) is 11.8. The van der Waals surface area contributed by atoms with Gasteiger partial charge in [-0.3, -0.25) is 4.79 Å². The van der Waals surface area contributed by atoms with Crippen molar-refractivity contribution in [3.8, 4) is 0 Å². The number of carbonyl (C=O) groups excluding carboxylic acids is 1. The summed E-state index contributed by atoms with van der Waals surface area (Å²) >= 11 is 0. The minimum atomic E-state index is 0.249. The summed E-state index contributed by atoms with van der Waals surface area (Å²) in [6.45, 7) is 7.93. The molecular weight excluding hydrogens is 226 g/mol. The summed E-state index contributed by atoms with van der Waals surface area (Å²) in [6, 6.07) is 0. The smallest absolute Gasteiger partial charge is 0.137 e. The number of carbonyl (C=O) groups is 1. The van der Waals surface area contributed by atoms with Gasteiger partial charge in [-0.1, -0.05) is 13.8 Å². The average molecular weight is 253 g/mol. The first-order chi connectivity index (χ1) is 8.50. The highest BCUT2D eigenvalue weighted by atomic mass is 16.3. The Morgan fingerprint density at radius 3 is 2.61 bits per heavy atom. The third-order valence-corrected chi connectivity index (χ3v) is 4.75. The predicted molar refractivity (Wildman–Crippen MR) is 72.4 cm³/mol. The number of piperidine rings is 1. The monoisotopic (exact) mass is 253 g/mol. The minimum absolute atomic E-state index is 0.249. The minimum Gasteiger partial charge on any atom is -0.396 e. The zero-order valence-corrected chi connectivity index (χ0v) is 11.8. The quantitative estimate of drug-likeness (QED) is 0.837. The van der Waals surface area contributed by atoms with Crippen molar-refractivity contribution in [2.75, 3.05) is 26.2 Å². The lowest BCUT2D eigenvalue weighted by Gasteiger charge is -2.38. The number of hydrogen-bond acceptors (Lipinski definition) is 3. The number of aliphatic hydroxyl groups excluding tert-OH is 1. The SMILES string of the molecule is CC1(C)CCC(=O)C(CN2CCC(CO)CC2)C1. The van der Waals surface area contributed by atoms with Crippen LogP contribution in [0.4, 0.5) is 0 Å². The lowest BCUT2D eigenvalue weighted by molar-refractivity contribution is -0.128. The van der Waals surface area contributed by atoms with Gasteiger partial charge in [-0.2, -0.15) is 0 Å². The van der Waals surface area contributed by atoms with Gasteiger partial charge in [0.15, 0.2) is 0 Å². The molecular formula is C15H27NO2. The number of ketones is 1. The summed E-state index contributed by atoms with van der Waals surface area (Å²) in [7, 11) is 0. The van der Waals surface area contributed by atoms with E-state index in [0.29, 0.717) is 23.7 Å². The normalized spacial score (nSPS) is 30.6. The van der Waals surface area contributed by atoms with Crippen molar-refractivity contribution in [2.24, 2.45) is 17.3 Å². The Labute approximate surface area is 111 Å². The van der Waals surface area contributed by atoms with Crippen molar-refractivity contribution in [2.45, 2.75) is 46.0 Å². The van der Waals surface area contributed by atoms with Crippen LogP contribution in [0.15, 0.2) is 0 Å². The Kier molecular flexibility index (Phi) is 4.44. The molecule has 0 aromatic rings. The summed E-state index contributed by atoms with van der Waals surface area (Å²) in [6.07, 6.45) is 5.03. The van der Waals surface area contributed by atoms with Crippen molar-refractivity contribution in [3.05, 3.63) is 0 Å². The van der Waals surface area contributed by atoms with Crippen LogP contribution in [0.1, 0.15) is 46.0 Å². The van der Waals surface area contributed by atoms with Gasteiger partial charge in [-0.05, 0) is 50.1 Å². The van der Waals surface area contributed by atoms with E-state index in [4.69, 9.17) is 5.11 Å². The van der Waals surface area contributed by atoms with E-state index in [-0.39, 0.29) is 5.92 Å². The number of nitrogens with zero attached hydrogens (tertiary/aromatic N) is 1. The van der Waals surface area contributed by atoms with Crippen molar-refractivity contribution >= 4 is 5.78 Å². The molecule has 0 radical (unpaired) electrons. The van der Waals surface area contributed by atoms with E-state index in [0.717, 1.165) is 51.7 Å². The van der Waals surface area contributed by atoms with E-state index in [2.05, 4.69) is 18.7 Å². The van der Waals surface area contributed by atoms with Gasteiger partial charge < -0.3 is 10.0 Å². The lowest BCUT2D eigenvalue weighted by atomic mass is 9.71. The molecule has 1 heterocycles. The van der Waals surface area contributed by atoms with Gasteiger partial charge in [0.05, 0.1) is 0 Å². The van der Waals surface area contributed by atoms with E-state index < -0.39 is 0 Å². The van der Waals surface area contributed by atoms with Crippen LogP contribution in [0.5, 0.6) is 0 Å². The third-order valence-electron chi connectivity index (χ3n) is 4.75. The fourth-order valence-electron chi connectivity index (χ4n) is 3.38. The molecule has 0 bridgehead atoms. The third kappa shape index (κ3) is 3.55. The summed E-state index contributed by atoms with van der Waals surface area (Å²) in [4.78, 5) is 14.4. The van der Waals surface area contributed by atoms with Crippen molar-refractivity contribution < 1.29 is 9.90 Å². The molecule has 1 saturated carbocycles. The summed E-state index contributed by atoms with van der Waals surface area (Å²) in [5.74, 6) is 1.21. The molecule has 1 saturated heterocycles. The maximum absolute atomic E-state index is 12.0. The first-order valence-electron chi connectivity index (χ1n) is 7.36. The van der Waals surface area contributed by atoms with Gasteiger partial charge in [0.1, 0.15) is 5.78 Å². The van der Waals surface area contributed by atoms with Crippen LogP contribution in [-0.4, -0.2) is 42.0 Å². The lowest BCUT2D eigenvalue weighted by Crippen LogP contribution is -2.42. The highest BCUT2D eigenvalue weighted by Crippen LogP contribution is 2.37. The molecule has 0 aromatic heterocycles. The summed E-state index contributed by atoms with van der Waals surface area (Å²) in [5.41, 5.74) is 0.335. The first-order valence-corrected chi connectivity index (χ1v) is 7.36. The Morgan fingerprint density at radius 2 is 2.00 bits per heavy atom. The largest absolute Gasteiger partial charge is 0.396 e. The molecule has 1 aliphatic heterocycles. The average Bonchev–Trinajstić information content (AvgIpc) is 2.35. The second-order valence-electron chi connectivity index (χ2n) is 6.96. The van der Waals surface area contributed by atoms with Crippen molar-refractivity contribution in [1.29, 1.82) is 0 Å². The molecule has 0 amide bonds. The molecule has 1 aliphatic carbocycles. The molecule has 1 unspecified atom stereocenters. The molecule has 2 aliphatic rings. The second kappa shape index (κ2) is 5.70. The highest BCUT2D eigenvalue weighted by molar-refractivity contribution is 5.82. The van der Waals surface area contributed by atoms with Gasteiger partial charge in [0.25, 0.3) is 0 Å². The zero-order chi connectivity index (χ0) is 13.2. The molecule has 1 atom stereocenters. The topological polar surface area (TPSA) is 40.5 Å². The van der Waals surface area contributed by atoms with Gasteiger partial charge in [-0.15, -0.1) is 0 Å². The van der Waals surface area contributed by atoms with Gasteiger partial charge >= 0.3 is 0 Å². The molecule has 0 spiro atoms. The maximum Gasteiger partial charge on any atom is 0.137 e. The molecule has 2 rings (SSSR count). The van der Waals surface area contributed by atoms with Crippen molar-refractivity contribution in [1.82, 2.24) is 4.90 Å². The highest BCUT2D eigenvalue weighted by Gasteiger charge is 2.34. The Bertz CT molecular complexity index is 293. The van der Waals surface area contributed by atoms with Gasteiger partial charge in [0, 0.05) is 25.5 Å². The van der Waals surface area contributed by atoms with E-state index in [9.17, 15) is 4.79 Å².